The quantitative estimate of drug-likeness (QED) is 0.432. The van der Waals surface area contributed by atoms with Gasteiger partial charge in [0, 0.05) is 17.7 Å². The SMILES string of the molecule is Cn1nc([N+](=O)[O-])nc1N/N=C/c1c(O)ccc2ccccc12. The van der Waals surface area contributed by atoms with Crippen molar-refractivity contribution in [3.8, 4) is 5.75 Å². The highest BCUT2D eigenvalue weighted by molar-refractivity contribution is 6.02. The largest absolute Gasteiger partial charge is 0.507 e. The van der Waals surface area contributed by atoms with Gasteiger partial charge in [0.1, 0.15) is 5.75 Å². The van der Waals surface area contributed by atoms with E-state index in [2.05, 4.69) is 20.6 Å². The molecule has 116 valence electrons. The number of hydrazone groups is 1. The fourth-order valence-corrected chi connectivity index (χ4v) is 2.12. The summed E-state index contributed by atoms with van der Waals surface area (Å²) in [7, 11) is 1.51. The van der Waals surface area contributed by atoms with E-state index in [1.165, 1.54) is 17.9 Å². The average Bonchev–Trinajstić information content (AvgIpc) is 2.91. The number of phenolic OH excluding ortho intramolecular Hbond substituents is 1. The first-order valence-corrected chi connectivity index (χ1v) is 6.61. The van der Waals surface area contributed by atoms with Crippen LogP contribution in [-0.2, 0) is 7.05 Å². The number of aromatic nitrogens is 3. The fraction of sp³-hybridized carbons (Fsp3) is 0.0714. The first-order chi connectivity index (χ1) is 11.1. The molecule has 2 aromatic carbocycles. The van der Waals surface area contributed by atoms with Crippen molar-refractivity contribution in [3.05, 3.63) is 52.1 Å². The van der Waals surface area contributed by atoms with Crippen molar-refractivity contribution in [1.82, 2.24) is 14.8 Å². The van der Waals surface area contributed by atoms with Gasteiger partial charge in [0.25, 0.3) is 0 Å². The molecule has 0 spiro atoms. The normalized spacial score (nSPS) is 11.2. The molecule has 0 fully saturated rings. The number of nitrogens with zero attached hydrogens (tertiary/aromatic N) is 5. The first-order valence-electron chi connectivity index (χ1n) is 6.61. The van der Waals surface area contributed by atoms with Gasteiger partial charge in [-0.05, 0) is 26.7 Å². The lowest BCUT2D eigenvalue weighted by molar-refractivity contribution is -0.394. The lowest BCUT2D eigenvalue weighted by Gasteiger charge is -2.04. The number of phenols is 1. The predicted molar refractivity (Wildman–Crippen MR) is 84.5 cm³/mol. The Hall–Kier alpha value is -3.49. The Kier molecular flexibility index (Phi) is 3.59. The topological polar surface area (TPSA) is 118 Å². The Balaban J connectivity index is 1.89. The maximum Gasteiger partial charge on any atom is 0.493 e. The number of hydrogen-bond acceptors (Lipinski definition) is 7. The van der Waals surface area contributed by atoms with E-state index in [1.807, 2.05) is 30.3 Å². The highest BCUT2D eigenvalue weighted by Crippen LogP contribution is 2.25. The fourth-order valence-electron chi connectivity index (χ4n) is 2.12. The van der Waals surface area contributed by atoms with Gasteiger partial charge in [-0.15, -0.1) is 0 Å². The van der Waals surface area contributed by atoms with Crippen LogP contribution in [0.5, 0.6) is 5.75 Å². The van der Waals surface area contributed by atoms with Crippen molar-refractivity contribution in [2.75, 3.05) is 5.43 Å². The molecular weight excluding hydrogens is 300 g/mol. The molecule has 9 nitrogen and oxygen atoms in total. The summed E-state index contributed by atoms with van der Waals surface area (Å²) in [5.41, 5.74) is 3.11. The van der Waals surface area contributed by atoms with Crippen LogP contribution in [-0.4, -0.2) is 31.0 Å². The van der Waals surface area contributed by atoms with Crippen LogP contribution in [0.25, 0.3) is 10.8 Å². The third-order valence-electron chi connectivity index (χ3n) is 3.22. The molecule has 9 heteroatoms. The van der Waals surface area contributed by atoms with Gasteiger partial charge in [0.05, 0.1) is 6.21 Å². The molecule has 0 saturated heterocycles. The number of aromatic hydroxyl groups is 1. The Bertz CT molecular complexity index is 918. The lowest BCUT2D eigenvalue weighted by Crippen LogP contribution is -2.00. The second-order valence-electron chi connectivity index (χ2n) is 4.71. The highest BCUT2D eigenvalue weighted by atomic mass is 16.6. The summed E-state index contributed by atoms with van der Waals surface area (Å²) in [5, 5.41) is 30.0. The standard InChI is InChI=1S/C14H12N6O3/c1-19-13(16-14(18-19)20(22)23)17-15-8-11-10-5-3-2-4-9(10)6-7-12(11)21/h2-8,21H,1H3,(H,16,17,18)/b15-8+. The third kappa shape index (κ3) is 2.79. The maximum absolute atomic E-state index is 10.6. The molecule has 0 saturated carbocycles. The molecule has 2 N–H and O–H groups in total. The molecule has 23 heavy (non-hydrogen) atoms. The molecule has 0 atom stereocenters. The lowest BCUT2D eigenvalue weighted by atomic mass is 10.0. The van der Waals surface area contributed by atoms with E-state index >= 15 is 0 Å². The first kappa shape index (κ1) is 14.4. The maximum atomic E-state index is 10.6. The van der Waals surface area contributed by atoms with Crippen molar-refractivity contribution < 1.29 is 10.0 Å². The zero-order valence-electron chi connectivity index (χ0n) is 12.0. The van der Waals surface area contributed by atoms with Crippen LogP contribution < -0.4 is 5.43 Å². The molecule has 0 amide bonds. The van der Waals surface area contributed by atoms with E-state index in [9.17, 15) is 15.2 Å². The Labute approximate surface area is 130 Å². The van der Waals surface area contributed by atoms with Crippen molar-refractivity contribution in [2.45, 2.75) is 0 Å². The predicted octanol–water partition coefficient (Wildman–Crippen LogP) is 2.03. The number of benzene rings is 2. The summed E-state index contributed by atoms with van der Waals surface area (Å²) < 4.78 is 1.21. The van der Waals surface area contributed by atoms with Crippen LogP contribution in [0.2, 0.25) is 0 Å². The van der Waals surface area contributed by atoms with Gasteiger partial charge in [0.15, 0.2) is 0 Å². The van der Waals surface area contributed by atoms with Crippen molar-refractivity contribution in [2.24, 2.45) is 12.1 Å². The van der Waals surface area contributed by atoms with Gasteiger partial charge in [-0.25, -0.2) is 5.43 Å². The van der Waals surface area contributed by atoms with E-state index in [-0.39, 0.29) is 11.7 Å². The minimum absolute atomic E-state index is 0.0817. The van der Waals surface area contributed by atoms with Gasteiger partial charge in [0.2, 0.25) is 0 Å². The highest BCUT2D eigenvalue weighted by Gasteiger charge is 2.18. The smallest absolute Gasteiger partial charge is 0.493 e. The van der Waals surface area contributed by atoms with Crippen molar-refractivity contribution in [3.63, 3.8) is 0 Å². The number of rotatable bonds is 4. The Morgan fingerprint density at radius 3 is 2.87 bits per heavy atom. The van der Waals surface area contributed by atoms with Gasteiger partial charge >= 0.3 is 11.9 Å². The molecule has 0 aliphatic carbocycles. The van der Waals surface area contributed by atoms with E-state index in [1.54, 1.807) is 6.07 Å². The van der Waals surface area contributed by atoms with Crippen LogP contribution in [0.15, 0.2) is 41.5 Å². The number of aryl methyl sites for hydroxylation is 1. The molecule has 3 aromatic rings. The molecule has 0 aliphatic rings. The van der Waals surface area contributed by atoms with Gasteiger partial charge in [-0.1, -0.05) is 30.3 Å². The zero-order valence-corrected chi connectivity index (χ0v) is 12.0. The van der Waals surface area contributed by atoms with Crippen LogP contribution in [0.3, 0.4) is 0 Å². The minimum Gasteiger partial charge on any atom is -0.507 e. The van der Waals surface area contributed by atoms with E-state index in [0.717, 1.165) is 10.8 Å². The summed E-state index contributed by atoms with van der Waals surface area (Å²) in [6.07, 6.45) is 1.43. The molecule has 0 aliphatic heterocycles. The molecular formula is C14H12N6O3. The summed E-state index contributed by atoms with van der Waals surface area (Å²) >= 11 is 0. The summed E-state index contributed by atoms with van der Waals surface area (Å²) in [6.45, 7) is 0. The van der Waals surface area contributed by atoms with Gasteiger partial charge in [-0.2, -0.15) is 9.78 Å². The van der Waals surface area contributed by atoms with Crippen molar-refractivity contribution in [1.29, 1.82) is 0 Å². The minimum atomic E-state index is -0.689. The van der Waals surface area contributed by atoms with Gasteiger partial charge < -0.3 is 15.2 Å². The van der Waals surface area contributed by atoms with Crippen LogP contribution in [0.4, 0.5) is 11.9 Å². The van der Waals surface area contributed by atoms with Crippen LogP contribution >= 0.6 is 0 Å². The molecule has 0 unspecified atom stereocenters. The number of hydrogen-bond donors (Lipinski definition) is 2. The molecule has 0 radical (unpaired) electrons. The Morgan fingerprint density at radius 1 is 1.35 bits per heavy atom. The van der Waals surface area contributed by atoms with Crippen LogP contribution in [0.1, 0.15) is 5.56 Å². The average molecular weight is 312 g/mol. The van der Waals surface area contributed by atoms with Crippen LogP contribution in [0, 0.1) is 10.1 Å². The monoisotopic (exact) mass is 312 g/mol. The summed E-state index contributed by atoms with van der Waals surface area (Å²) in [6, 6.07) is 10.9. The number of nitro groups is 1. The molecule has 0 bridgehead atoms. The van der Waals surface area contributed by atoms with Crippen molar-refractivity contribution >= 4 is 28.9 Å². The van der Waals surface area contributed by atoms with E-state index in [4.69, 9.17) is 0 Å². The zero-order chi connectivity index (χ0) is 16.4. The summed E-state index contributed by atoms with van der Waals surface area (Å²) in [4.78, 5) is 13.6. The van der Waals surface area contributed by atoms with E-state index < -0.39 is 10.9 Å². The number of nitrogens with one attached hydrogen (secondary N) is 1. The molecule has 1 heterocycles. The number of anilines is 1. The Morgan fingerprint density at radius 2 is 2.13 bits per heavy atom. The number of fused-ring (bicyclic) bond motifs is 1. The molecule has 1 aromatic heterocycles. The van der Waals surface area contributed by atoms with Gasteiger partial charge in [-0.3, -0.25) is 0 Å². The summed E-state index contributed by atoms with van der Waals surface area (Å²) in [5.74, 6) is -0.316. The van der Waals surface area contributed by atoms with E-state index in [0.29, 0.717) is 5.56 Å². The second kappa shape index (κ2) is 5.72. The second-order valence-corrected chi connectivity index (χ2v) is 4.71. The third-order valence-corrected chi connectivity index (χ3v) is 3.22. The molecule has 3 rings (SSSR count).